The summed E-state index contributed by atoms with van der Waals surface area (Å²) >= 11 is 0. The summed E-state index contributed by atoms with van der Waals surface area (Å²) in [4.78, 5) is 0. The van der Waals surface area contributed by atoms with Crippen LogP contribution in [0.5, 0.6) is 0 Å². The standard InChI is InChI=1S/3C4HF7/c5-1-2(6)3(7,8)4(9,10)11;2*5-2(4(9,10)11)1-3(6,7)8/h3*1H/b;2*2-1-. The molecule has 0 aromatic rings. The summed E-state index contributed by atoms with van der Waals surface area (Å²) in [6, 6.07) is 0. The van der Waals surface area contributed by atoms with Crippen molar-refractivity contribution in [1.29, 1.82) is 0 Å². The topological polar surface area (TPSA) is 0 Å². The van der Waals surface area contributed by atoms with Gasteiger partial charge in [0.2, 0.25) is 17.5 Å². The first-order valence-corrected chi connectivity index (χ1v) is 6.44. The Balaban J connectivity index is -0.000000409. The van der Waals surface area contributed by atoms with Gasteiger partial charge in [-0.2, -0.15) is 74.6 Å². The number of halogens is 21. The van der Waals surface area contributed by atoms with Gasteiger partial charge in [0.05, 0.1) is 12.2 Å². The average molecular weight is 546 g/mol. The summed E-state index contributed by atoms with van der Waals surface area (Å²) in [6.45, 7) is 0. The molecule has 0 nitrogen and oxygen atoms in total. The summed E-state index contributed by atoms with van der Waals surface area (Å²) in [5, 5.41) is 0. The zero-order valence-corrected chi connectivity index (χ0v) is 14.2. The Bertz CT molecular complexity index is 630. The van der Waals surface area contributed by atoms with Crippen molar-refractivity contribution >= 4 is 0 Å². The molecule has 198 valence electrons. The molecule has 0 N–H and O–H groups in total. The van der Waals surface area contributed by atoms with Crippen molar-refractivity contribution in [3.63, 3.8) is 0 Å². The molecular weight excluding hydrogens is 543 g/mol. The summed E-state index contributed by atoms with van der Waals surface area (Å²) < 4.78 is 234. The molecule has 0 bridgehead atoms. The molecule has 0 aromatic heterocycles. The smallest absolute Gasteiger partial charge is 0.212 e. The van der Waals surface area contributed by atoms with Crippen molar-refractivity contribution < 1.29 is 92.2 Å². The summed E-state index contributed by atoms with van der Waals surface area (Å²) in [7, 11) is 0. The normalized spacial score (nSPS) is 15.4. The van der Waals surface area contributed by atoms with Gasteiger partial charge in [0.15, 0.2) is 0 Å². The molecule has 0 fully saturated rings. The largest absolute Gasteiger partial charge is 0.460 e. The second kappa shape index (κ2) is 11.7. The third kappa shape index (κ3) is 17.0. The molecule has 21 heteroatoms. The predicted molar refractivity (Wildman–Crippen MR) is 63.9 cm³/mol. The first-order chi connectivity index (χ1) is 14.0. The minimum atomic E-state index is -6.10. The van der Waals surface area contributed by atoms with Crippen LogP contribution in [-0.4, -0.2) is 36.8 Å². The molecule has 0 aliphatic carbocycles. The van der Waals surface area contributed by atoms with Crippen molar-refractivity contribution in [2.45, 2.75) is 36.8 Å². The molecule has 0 atom stereocenters. The first-order valence-electron chi connectivity index (χ1n) is 6.44. The molecule has 0 aliphatic heterocycles. The van der Waals surface area contributed by atoms with Gasteiger partial charge in [-0.3, -0.25) is 0 Å². The van der Waals surface area contributed by atoms with E-state index < -0.39 is 72.8 Å². The fraction of sp³-hybridized carbons (Fsp3) is 0.500. The Morgan fingerprint density at radius 1 is 0.424 bits per heavy atom. The zero-order chi connectivity index (χ0) is 27.9. The third-order valence-corrected chi connectivity index (χ3v) is 1.87. The molecular formula is C12H3F21. The molecule has 33 heavy (non-hydrogen) atoms. The lowest BCUT2D eigenvalue weighted by Crippen LogP contribution is -2.36. The Morgan fingerprint density at radius 3 is 0.727 bits per heavy atom. The minimum absolute atomic E-state index is 1.42. The summed E-state index contributed by atoms with van der Waals surface area (Å²) in [6.07, 6.45) is -32.1. The average Bonchev–Trinajstić information content (AvgIpc) is 2.49. The van der Waals surface area contributed by atoms with Crippen LogP contribution >= 0.6 is 0 Å². The third-order valence-electron chi connectivity index (χ3n) is 1.87. The lowest BCUT2D eigenvalue weighted by molar-refractivity contribution is -0.270. The van der Waals surface area contributed by atoms with Crippen molar-refractivity contribution in [2.75, 3.05) is 0 Å². The van der Waals surface area contributed by atoms with Crippen molar-refractivity contribution in [3.05, 3.63) is 36.0 Å². The maximum Gasteiger partial charge on any atom is 0.460 e. The van der Waals surface area contributed by atoms with Crippen LogP contribution in [0.15, 0.2) is 36.0 Å². The Labute approximate surface area is 166 Å². The minimum Gasteiger partial charge on any atom is -0.212 e. The molecule has 0 saturated carbocycles. The van der Waals surface area contributed by atoms with Gasteiger partial charge < -0.3 is 0 Å². The van der Waals surface area contributed by atoms with Gasteiger partial charge in [0.1, 0.15) is 6.33 Å². The van der Waals surface area contributed by atoms with Crippen LogP contribution < -0.4 is 0 Å². The molecule has 0 spiro atoms. The van der Waals surface area contributed by atoms with E-state index in [0.29, 0.717) is 0 Å². The predicted octanol–water partition coefficient (Wildman–Crippen LogP) is 8.89. The molecule has 0 rings (SSSR count). The van der Waals surface area contributed by atoms with Gasteiger partial charge >= 0.3 is 36.8 Å². The van der Waals surface area contributed by atoms with Crippen LogP contribution in [0.2, 0.25) is 0 Å². The van der Waals surface area contributed by atoms with Crippen LogP contribution in [-0.2, 0) is 0 Å². The Hall–Kier alpha value is -2.25. The van der Waals surface area contributed by atoms with Gasteiger partial charge in [-0.15, -0.1) is 0 Å². The van der Waals surface area contributed by atoms with E-state index >= 15 is 0 Å². The summed E-state index contributed by atoms with van der Waals surface area (Å²) in [5.41, 5.74) is 0. The highest BCUT2D eigenvalue weighted by molar-refractivity contribution is 5.04. The fourth-order valence-corrected chi connectivity index (χ4v) is 0.655. The lowest BCUT2D eigenvalue weighted by Gasteiger charge is -2.16. The number of hydrogen-bond donors (Lipinski definition) is 0. The quantitative estimate of drug-likeness (QED) is 0.289. The monoisotopic (exact) mass is 546 g/mol. The highest BCUT2D eigenvalue weighted by atomic mass is 19.4. The molecule has 0 saturated heterocycles. The van der Waals surface area contributed by atoms with E-state index in [-0.39, 0.29) is 0 Å². The second-order valence-electron chi connectivity index (χ2n) is 4.59. The van der Waals surface area contributed by atoms with Gasteiger partial charge in [0, 0.05) is 0 Å². The van der Waals surface area contributed by atoms with E-state index in [4.69, 9.17) is 0 Å². The summed E-state index contributed by atoms with van der Waals surface area (Å²) in [5.74, 6) is -15.2. The van der Waals surface area contributed by atoms with Crippen molar-refractivity contribution in [1.82, 2.24) is 0 Å². The molecule has 0 radical (unpaired) electrons. The first kappa shape index (κ1) is 35.3. The fourth-order valence-electron chi connectivity index (χ4n) is 0.655. The van der Waals surface area contributed by atoms with E-state index in [9.17, 15) is 92.2 Å². The van der Waals surface area contributed by atoms with E-state index in [1.165, 1.54) is 0 Å². The molecule has 0 aromatic carbocycles. The number of alkyl halides is 17. The molecule has 0 aliphatic rings. The highest BCUT2D eigenvalue weighted by Gasteiger charge is 2.61. The van der Waals surface area contributed by atoms with E-state index in [1.807, 2.05) is 0 Å². The SMILES string of the molecule is F/C(=C\C(F)(F)F)C(F)(F)F.F/C(=C\C(F)(F)F)C(F)(F)F.FC=C(F)C(F)(F)C(F)(F)F. The zero-order valence-electron chi connectivity index (χ0n) is 14.2. The number of hydrogen-bond acceptors (Lipinski definition) is 0. The molecule has 0 unspecified atom stereocenters. The molecule has 0 heterocycles. The van der Waals surface area contributed by atoms with E-state index in [2.05, 4.69) is 0 Å². The van der Waals surface area contributed by atoms with E-state index in [1.54, 1.807) is 0 Å². The van der Waals surface area contributed by atoms with Gasteiger partial charge in [-0.25, -0.2) is 17.6 Å². The number of rotatable bonds is 1. The lowest BCUT2D eigenvalue weighted by atomic mass is 10.3. The van der Waals surface area contributed by atoms with Crippen LogP contribution in [0.1, 0.15) is 0 Å². The van der Waals surface area contributed by atoms with Gasteiger partial charge in [0.25, 0.3) is 0 Å². The number of allylic oxidation sites excluding steroid dienone is 5. The second-order valence-corrected chi connectivity index (χ2v) is 4.59. The highest BCUT2D eigenvalue weighted by Crippen LogP contribution is 2.41. The van der Waals surface area contributed by atoms with Crippen LogP contribution in [0.25, 0.3) is 0 Å². The van der Waals surface area contributed by atoms with Crippen LogP contribution in [0, 0.1) is 0 Å². The Morgan fingerprint density at radius 2 is 0.667 bits per heavy atom. The Kier molecular flexibility index (Phi) is 12.6. The maximum atomic E-state index is 11.5. The van der Waals surface area contributed by atoms with Crippen LogP contribution in [0.3, 0.4) is 0 Å². The molecule has 0 amide bonds. The van der Waals surface area contributed by atoms with Crippen molar-refractivity contribution in [2.24, 2.45) is 0 Å². The van der Waals surface area contributed by atoms with Gasteiger partial charge in [-0.1, -0.05) is 0 Å². The maximum absolute atomic E-state index is 11.5. The van der Waals surface area contributed by atoms with E-state index in [0.717, 1.165) is 0 Å². The van der Waals surface area contributed by atoms with Crippen molar-refractivity contribution in [3.8, 4) is 0 Å². The van der Waals surface area contributed by atoms with Crippen LogP contribution in [0.4, 0.5) is 92.2 Å². The van der Waals surface area contributed by atoms with Gasteiger partial charge in [-0.05, 0) is 0 Å².